The summed E-state index contributed by atoms with van der Waals surface area (Å²) in [5.74, 6) is 1.66. The lowest BCUT2D eigenvalue weighted by atomic mass is 10.1. The molecule has 16 heavy (non-hydrogen) atoms. The van der Waals surface area contributed by atoms with Crippen molar-refractivity contribution >= 4 is 34.2 Å². The first-order chi connectivity index (χ1) is 7.72. The summed E-state index contributed by atoms with van der Waals surface area (Å²) in [5, 5.41) is 0.993. The summed E-state index contributed by atoms with van der Waals surface area (Å²) in [7, 11) is 0. The molecule has 1 aromatic carbocycles. The van der Waals surface area contributed by atoms with Gasteiger partial charge in [-0.25, -0.2) is 4.98 Å². The molecule has 0 saturated heterocycles. The third-order valence-corrected chi connectivity index (χ3v) is 3.19. The van der Waals surface area contributed by atoms with Crippen LogP contribution in [0.3, 0.4) is 0 Å². The van der Waals surface area contributed by atoms with Crippen molar-refractivity contribution in [2.75, 3.05) is 23.5 Å². The average molecular weight is 233 g/mol. The van der Waals surface area contributed by atoms with E-state index >= 15 is 0 Å². The molecule has 0 aliphatic heterocycles. The Balaban J connectivity index is 2.51. The van der Waals surface area contributed by atoms with E-state index in [4.69, 9.17) is 11.5 Å². The van der Waals surface area contributed by atoms with Gasteiger partial charge in [-0.3, -0.25) is 0 Å². The Labute approximate surface area is 99.2 Å². The molecule has 2 rings (SSSR count). The topological polar surface area (TPSA) is 64.9 Å². The van der Waals surface area contributed by atoms with Gasteiger partial charge in [-0.05, 0) is 42.2 Å². The predicted molar refractivity (Wildman–Crippen MR) is 72.7 cm³/mol. The molecule has 84 valence electrons. The lowest BCUT2D eigenvalue weighted by Crippen LogP contribution is -2.00. The van der Waals surface area contributed by atoms with Gasteiger partial charge in [0.05, 0.1) is 5.52 Å². The standard InChI is InChI=1S/C12H15N3S/c1-16-6-5-8-7-9-10(13)3-2-4-11(9)15-12(8)14/h2-4,7H,5-6,13H2,1H3,(H2,14,15). The van der Waals surface area contributed by atoms with Crippen LogP contribution in [0.2, 0.25) is 0 Å². The molecule has 1 heterocycles. The third kappa shape index (κ3) is 2.07. The van der Waals surface area contributed by atoms with Crippen molar-refractivity contribution in [1.82, 2.24) is 4.98 Å². The van der Waals surface area contributed by atoms with Crippen LogP contribution in [0.4, 0.5) is 11.5 Å². The van der Waals surface area contributed by atoms with E-state index in [1.165, 1.54) is 0 Å². The number of nitrogens with zero attached hydrogens (tertiary/aromatic N) is 1. The second-order valence-electron chi connectivity index (χ2n) is 3.69. The summed E-state index contributed by atoms with van der Waals surface area (Å²) in [4.78, 5) is 4.38. The minimum Gasteiger partial charge on any atom is -0.398 e. The summed E-state index contributed by atoms with van der Waals surface area (Å²) in [6.07, 6.45) is 3.02. The third-order valence-electron chi connectivity index (χ3n) is 2.58. The van der Waals surface area contributed by atoms with Crippen molar-refractivity contribution in [3.05, 3.63) is 29.8 Å². The van der Waals surface area contributed by atoms with Gasteiger partial charge in [0.2, 0.25) is 0 Å². The quantitative estimate of drug-likeness (QED) is 0.798. The molecule has 0 amide bonds. The normalized spacial score (nSPS) is 10.8. The van der Waals surface area contributed by atoms with Crippen LogP contribution in [-0.4, -0.2) is 17.0 Å². The number of nitrogen functional groups attached to an aromatic ring is 2. The van der Waals surface area contributed by atoms with Gasteiger partial charge in [-0.15, -0.1) is 0 Å². The van der Waals surface area contributed by atoms with E-state index in [0.29, 0.717) is 5.82 Å². The fourth-order valence-electron chi connectivity index (χ4n) is 1.69. The fraction of sp³-hybridized carbons (Fsp3) is 0.250. The second-order valence-corrected chi connectivity index (χ2v) is 4.68. The highest BCUT2D eigenvalue weighted by Gasteiger charge is 2.05. The monoisotopic (exact) mass is 233 g/mol. The van der Waals surface area contributed by atoms with Crippen LogP contribution in [0.1, 0.15) is 5.56 Å². The summed E-state index contributed by atoms with van der Waals surface area (Å²) < 4.78 is 0. The molecule has 0 atom stereocenters. The van der Waals surface area contributed by atoms with Crippen LogP contribution in [0.25, 0.3) is 10.9 Å². The summed E-state index contributed by atoms with van der Waals surface area (Å²) in [5.41, 5.74) is 14.5. The maximum Gasteiger partial charge on any atom is 0.127 e. The van der Waals surface area contributed by atoms with Gasteiger partial charge >= 0.3 is 0 Å². The number of anilines is 2. The van der Waals surface area contributed by atoms with Gasteiger partial charge in [0.15, 0.2) is 0 Å². The molecule has 0 unspecified atom stereocenters. The zero-order valence-corrected chi connectivity index (χ0v) is 10.1. The number of thioether (sulfide) groups is 1. The van der Waals surface area contributed by atoms with Crippen LogP contribution in [0, 0.1) is 0 Å². The zero-order valence-electron chi connectivity index (χ0n) is 9.23. The molecule has 0 aliphatic rings. The van der Waals surface area contributed by atoms with Crippen LogP contribution in [0.5, 0.6) is 0 Å². The molecule has 2 aromatic rings. The minimum absolute atomic E-state index is 0.618. The van der Waals surface area contributed by atoms with Crippen LogP contribution >= 0.6 is 11.8 Å². The highest BCUT2D eigenvalue weighted by molar-refractivity contribution is 7.98. The number of benzene rings is 1. The van der Waals surface area contributed by atoms with Crippen LogP contribution in [0.15, 0.2) is 24.3 Å². The average Bonchev–Trinajstić information content (AvgIpc) is 2.27. The number of fused-ring (bicyclic) bond motifs is 1. The number of hydrogen-bond donors (Lipinski definition) is 2. The molecule has 1 aromatic heterocycles. The molecule has 0 radical (unpaired) electrons. The van der Waals surface area contributed by atoms with E-state index in [-0.39, 0.29) is 0 Å². The molecule has 3 nitrogen and oxygen atoms in total. The van der Waals surface area contributed by atoms with Crippen molar-refractivity contribution in [2.24, 2.45) is 0 Å². The van der Waals surface area contributed by atoms with Crippen LogP contribution < -0.4 is 11.5 Å². The number of hydrogen-bond acceptors (Lipinski definition) is 4. The Morgan fingerprint density at radius 3 is 2.88 bits per heavy atom. The van der Waals surface area contributed by atoms with Crippen molar-refractivity contribution in [3.8, 4) is 0 Å². The molecule has 0 fully saturated rings. The number of aromatic nitrogens is 1. The van der Waals surface area contributed by atoms with E-state index < -0.39 is 0 Å². The Bertz CT molecular complexity index is 511. The van der Waals surface area contributed by atoms with E-state index in [2.05, 4.69) is 17.3 Å². The number of nitrogens with two attached hydrogens (primary N) is 2. The van der Waals surface area contributed by atoms with Crippen LogP contribution in [-0.2, 0) is 6.42 Å². The van der Waals surface area contributed by atoms with Gasteiger partial charge in [0.25, 0.3) is 0 Å². The first-order valence-electron chi connectivity index (χ1n) is 5.15. The van der Waals surface area contributed by atoms with Crippen molar-refractivity contribution in [1.29, 1.82) is 0 Å². The molecular weight excluding hydrogens is 218 g/mol. The van der Waals surface area contributed by atoms with Crippen molar-refractivity contribution in [2.45, 2.75) is 6.42 Å². The van der Waals surface area contributed by atoms with Gasteiger partial charge in [0.1, 0.15) is 5.82 Å². The Kier molecular flexibility index (Phi) is 3.19. The second kappa shape index (κ2) is 4.61. The molecule has 0 spiro atoms. The van der Waals surface area contributed by atoms with Gasteiger partial charge < -0.3 is 11.5 Å². The van der Waals surface area contributed by atoms with E-state index in [1.54, 1.807) is 11.8 Å². The molecule has 0 aliphatic carbocycles. The lowest BCUT2D eigenvalue weighted by molar-refractivity contribution is 1.14. The summed E-state index contributed by atoms with van der Waals surface area (Å²) in [6, 6.07) is 7.77. The van der Waals surface area contributed by atoms with Gasteiger partial charge in [-0.2, -0.15) is 11.8 Å². The predicted octanol–water partition coefficient (Wildman–Crippen LogP) is 2.30. The van der Waals surface area contributed by atoms with E-state index in [1.807, 2.05) is 18.2 Å². The van der Waals surface area contributed by atoms with Crippen molar-refractivity contribution in [3.63, 3.8) is 0 Å². The first-order valence-corrected chi connectivity index (χ1v) is 6.54. The van der Waals surface area contributed by atoms with Gasteiger partial charge in [0, 0.05) is 11.1 Å². The summed E-state index contributed by atoms with van der Waals surface area (Å²) in [6.45, 7) is 0. The molecular formula is C12H15N3S. The molecule has 4 heteroatoms. The number of aryl methyl sites for hydroxylation is 1. The largest absolute Gasteiger partial charge is 0.398 e. The number of rotatable bonds is 3. The zero-order chi connectivity index (χ0) is 11.5. The Hall–Kier alpha value is -1.42. The van der Waals surface area contributed by atoms with Crippen molar-refractivity contribution < 1.29 is 0 Å². The Morgan fingerprint density at radius 2 is 2.12 bits per heavy atom. The van der Waals surface area contributed by atoms with E-state index in [0.717, 1.165) is 34.3 Å². The van der Waals surface area contributed by atoms with Gasteiger partial charge in [-0.1, -0.05) is 6.07 Å². The minimum atomic E-state index is 0.618. The lowest BCUT2D eigenvalue weighted by Gasteiger charge is -2.07. The molecule has 4 N–H and O–H groups in total. The summed E-state index contributed by atoms with van der Waals surface area (Å²) >= 11 is 1.80. The smallest absolute Gasteiger partial charge is 0.127 e. The Morgan fingerprint density at radius 1 is 1.31 bits per heavy atom. The fourth-order valence-corrected chi connectivity index (χ4v) is 2.11. The van der Waals surface area contributed by atoms with E-state index in [9.17, 15) is 0 Å². The maximum absolute atomic E-state index is 5.92. The molecule has 0 saturated carbocycles. The first kappa shape index (κ1) is 11.1. The molecule has 0 bridgehead atoms. The highest BCUT2D eigenvalue weighted by Crippen LogP contribution is 2.24. The maximum atomic E-state index is 5.92. The SMILES string of the molecule is CSCCc1cc2c(N)cccc2nc1N. The highest BCUT2D eigenvalue weighted by atomic mass is 32.2. The number of pyridine rings is 1.